The van der Waals surface area contributed by atoms with Gasteiger partial charge in [0.15, 0.2) is 0 Å². The van der Waals surface area contributed by atoms with Crippen molar-refractivity contribution in [3.05, 3.63) is 119 Å². The highest BCUT2D eigenvalue weighted by molar-refractivity contribution is 6.61. The molecule has 8 rings (SSSR count). The highest BCUT2D eigenvalue weighted by atomic mass is 35.5. The smallest absolute Gasteiger partial charge is 0.410 e. The summed E-state index contributed by atoms with van der Waals surface area (Å²) in [5, 5.41) is 21.6. The fourth-order valence-corrected chi connectivity index (χ4v) is 8.47. The lowest BCUT2D eigenvalue weighted by Gasteiger charge is -2.24. The van der Waals surface area contributed by atoms with Gasteiger partial charge in [-0.15, -0.1) is 0 Å². The lowest BCUT2D eigenvalue weighted by Crippen LogP contribution is -2.39. The number of hydrogen-bond donors (Lipinski definition) is 3. The number of rotatable bonds is 6. The van der Waals surface area contributed by atoms with E-state index in [9.17, 15) is 14.7 Å². The zero-order valence-electron chi connectivity index (χ0n) is 31.1. The van der Waals surface area contributed by atoms with Crippen LogP contribution in [-0.2, 0) is 9.47 Å². The van der Waals surface area contributed by atoms with E-state index < -0.39 is 5.43 Å². The Kier molecular flexibility index (Phi) is 11.9. The van der Waals surface area contributed by atoms with Crippen LogP contribution in [0.1, 0.15) is 74.6 Å². The molecule has 1 amide bonds. The first-order valence-electron chi connectivity index (χ1n) is 18.5. The number of carbonyl (C=O) groups is 2. The third kappa shape index (κ3) is 8.79. The molecule has 2 atom stereocenters. The van der Waals surface area contributed by atoms with Crippen LogP contribution in [0.4, 0.5) is 9.59 Å². The first kappa shape index (κ1) is 38.5. The minimum absolute atomic E-state index is 0.0129. The van der Waals surface area contributed by atoms with Gasteiger partial charge in [0.2, 0.25) is 0 Å². The SMILES string of the molecule is CC1(C)CN[C@@H](CO)C1.CC1(C)C[C@H](CO)N(C(=O)OCC2c3ccccc3-c3ccccc32)C1.O=C(Cl)OCC1c2ccccc2-c2ccccc21. The molecule has 3 N–H and O–H groups in total. The van der Waals surface area contributed by atoms with Crippen LogP contribution in [0.15, 0.2) is 97.1 Å². The van der Waals surface area contributed by atoms with Crippen LogP contribution < -0.4 is 5.32 Å². The summed E-state index contributed by atoms with van der Waals surface area (Å²) in [7, 11) is 0. The van der Waals surface area contributed by atoms with Crippen molar-refractivity contribution in [3.63, 3.8) is 0 Å². The highest BCUT2D eigenvalue weighted by Gasteiger charge is 2.41. The number of aliphatic hydroxyl groups excluding tert-OH is 2. The third-order valence-corrected chi connectivity index (χ3v) is 10.9. The predicted octanol–water partition coefficient (Wildman–Crippen LogP) is 8.57. The molecule has 0 aromatic heterocycles. The second-order valence-electron chi connectivity index (χ2n) is 16.0. The molecule has 2 saturated heterocycles. The summed E-state index contributed by atoms with van der Waals surface area (Å²) < 4.78 is 10.7. The van der Waals surface area contributed by atoms with Gasteiger partial charge in [0.05, 0.1) is 19.3 Å². The maximum absolute atomic E-state index is 12.7. The Morgan fingerprint density at radius 2 is 1.11 bits per heavy atom. The number of hydrogen-bond acceptors (Lipinski definition) is 7. The number of fused-ring (bicyclic) bond motifs is 6. The Hall–Kier alpha value is -4.21. The van der Waals surface area contributed by atoms with Crippen molar-refractivity contribution in [3.8, 4) is 22.3 Å². The molecular formula is C44H51ClN2O6. The fraction of sp³-hybridized carbons (Fsp3) is 0.409. The number of halogens is 1. The minimum Gasteiger partial charge on any atom is -0.453 e. The van der Waals surface area contributed by atoms with Crippen LogP contribution in [0.2, 0.25) is 0 Å². The van der Waals surface area contributed by atoms with Gasteiger partial charge in [0, 0.05) is 42.6 Å². The molecule has 0 unspecified atom stereocenters. The lowest BCUT2D eigenvalue weighted by molar-refractivity contribution is 0.0815. The molecule has 2 fully saturated rings. The molecule has 2 aliphatic heterocycles. The second-order valence-corrected chi connectivity index (χ2v) is 16.3. The summed E-state index contributed by atoms with van der Waals surface area (Å²) in [5.41, 5.74) is 9.33. The molecule has 0 radical (unpaired) electrons. The van der Waals surface area contributed by atoms with Gasteiger partial charge < -0.3 is 29.9 Å². The molecule has 53 heavy (non-hydrogen) atoms. The number of amides is 1. The number of nitrogens with one attached hydrogen (secondary N) is 1. The monoisotopic (exact) mass is 738 g/mol. The van der Waals surface area contributed by atoms with E-state index in [4.69, 9.17) is 26.2 Å². The van der Waals surface area contributed by atoms with E-state index in [1.807, 2.05) is 48.5 Å². The number of aliphatic hydroxyl groups is 2. The van der Waals surface area contributed by atoms with Crippen molar-refractivity contribution in [2.24, 2.45) is 10.8 Å². The lowest BCUT2D eigenvalue weighted by atomic mass is 9.91. The number of likely N-dealkylation sites (tertiary alicyclic amines) is 1. The van der Waals surface area contributed by atoms with Crippen LogP contribution in [0.25, 0.3) is 22.3 Å². The van der Waals surface area contributed by atoms with Crippen molar-refractivity contribution in [2.45, 2.75) is 64.5 Å². The molecule has 2 heterocycles. The average Bonchev–Trinajstić information content (AvgIpc) is 3.88. The van der Waals surface area contributed by atoms with Gasteiger partial charge in [-0.25, -0.2) is 9.59 Å². The number of ether oxygens (including phenoxy) is 2. The normalized spacial score (nSPS) is 20.2. The average molecular weight is 739 g/mol. The highest BCUT2D eigenvalue weighted by Crippen LogP contribution is 2.46. The van der Waals surface area contributed by atoms with Gasteiger partial charge in [0.25, 0.3) is 0 Å². The maximum Gasteiger partial charge on any atom is 0.410 e. The van der Waals surface area contributed by atoms with Crippen molar-refractivity contribution in [2.75, 3.05) is 39.5 Å². The van der Waals surface area contributed by atoms with E-state index >= 15 is 0 Å². The summed E-state index contributed by atoms with van der Waals surface area (Å²) in [6, 6.07) is 33.2. The van der Waals surface area contributed by atoms with Gasteiger partial charge in [0.1, 0.15) is 13.2 Å². The molecule has 2 aliphatic carbocycles. The largest absolute Gasteiger partial charge is 0.453 e. The summed E-state index contributed by atoms with van der Waals surface area (Å²) in [6.45, 7) is 11.2. The fourth-order valence-electron chi connectivity index (χ4n) is 8.41. The minimum atomic E-state index is -0.753. The van der Waals surface area contributed by atoms with Gasteiger partial charge in [-0.1, -0.05) is 125 Å². The van der Waals surface area contributed by atoms with E-state index in [1.54, 1.807) is 4.90 Å². The Morgan fingerprint density at radius 1 is 0.679 bits per heavy atom. The summed E-state index contributed by atoms with van der Waals surface area (Å²) in [6.07, 6.45) is 1.58. The molecule has 0 bridgehead atoms. The van der Waals surface area contributed by atoms with Gasteiger partial charge in [-0.05, 0) is 68.2 Å². The number of benzene rings is 4. The second kappa shape index (κ2) is 16.4. The Labute approximate surface area is 318 Å². The van der Waals surface area contributed by atoms with Crippen LogP contribution in [-0.4, -0.2) is 78.2 Å². The Bertz CT molecular complexity index is 1820. The molecule has 4 aliphatic rings. The number of carbonyl (C=O) groups excluding carboxylic acids is 2. The summed E-state index contributed by atoms with van der Waals surface area (Å²) >= 11 is 5.25. The van der Waals surface area contributed by atoms with Crippen LogP contribution >= 0.6 is 11.6 Å². The van der Waals surface area contributed by atoms with E-state index in [-0.39, 0.29) is 49.2 Å². The Morgan fingerprint density at radius 3 is 1.47 bits per heavy atom. The van der Waals surface area contributed by atoms with Crippen LogP contribution in [0.3, 0.4) is 0 Å². The molecule has 8 nitrogen and oxygen atoms in total. The summed E-state index contributed by atoms with van der Waals surface area (Å²) in [5.74, 6) is 0.148. The molecule has 9 heteroatoms. The first-order valence-corrected chi connectivity index (χ1v) is 18.9. The standard InChI is InChI=1S/C22H25NO3.C15H11ClO2.C7H15NO/c1-22(2)11-15(12-24)23(14-22)21(25)26-13-20-18-9-5-3-7-16(18)17-8-4-6-10-19(17)20;16-15(17)18-9-14-12-7-3-1-5-10(12)11-6-2-4-8-13(11)14;1-7(2)3-6(4-9)8-5-7/h3-10,15,20,24H,11-14H2,1-2H3;1-8,14H,9H2;6,8-9H,3-5H2,1-2H3/t15-;;6-/m1.1/s1. The van der Waals surface area contributed by atoms with Crippen LogP contribution in [0, 0.1) is 10.8 Å². The predicted molar refractivity (Wildman–Crippen MR) is 209 cm³/mol. The van der Waals surface area contributed by atoms with E-state index in [0.29, 0.717) is 24.6 Å². The quantitative estimate of drug-likeness (QED) is 0.170. The van der Waals surface area contributed by atoms with Crippen molar-refractivity contribution < 1.29 is 29.3 Å². The first-order chi connectivity index (χ1) is 25.4. The maximum atomic E-state index is 12.7. The van der Waals surface area contributed by atoms with E-state index in [0.717, 1.165) is 19.4 Å². The van der Waals surface area contributed by atoms with Crippen molar-refractivity contribution in [1.29, 1.82) is 0 Å². The summed E-state index contributed by atoms with van der Waals surface area (Å²) in [4.78, 5) is 25.1. The molecule has 0 saturated carbocycles. The van der Waals surface area contributed by atoms with Crippen molar-refractivity contribution in [1.82, 2.24) is 10.2 Å². The van der Waals surface area contributed by atoms with Crippen molar-refractivity contribution >= 4 is 23.1 Å². The van der Waals surface area contributed by atoms with E-state index in [2.05, 4.69) is 81.5 Å². The molecule has 280 valence electrons. The molecule has 4 aromatic rings. The zero-order chi connectivity index (χ0) is 37.8. The molecular weight excluding hydrogens is 688 g/mol. The zero-order valence-corrected chi connectivity index (χ0v) is 31.8. The molecule has 4 aromatic carbocycles. The van der Waals surface area contributed by atoms with Gasteiger partial charge in [-0.3, -0.25) is 0 Å². The number of nitrogens with zero attached hydrogens (tertiary/aromatic N) is 1. The van der Waals surface area contributed by atoms with E-state index in [1.165, 1.54) is 44.5 Å². The van der Waals surface area contributed by atoms with Gasteiger partial charge >= 0.3 is 11.5 Å². The van der Waals surface area contributed by atoms with Gasteiger partial charge in [-0.2, -0.15) is 0 Å². The Balaban J connectivity index is 0.000000153. The topological polar surface area (TPSA) is 108 Å². The van der Waals surface area contributed by atoms with Crippen LogP contribution in [0.5, 0.6) is 0 Å². The third-order valence-electron chi connectivity index (χ3n) is 10.8. The molecule has 0 spiro atoms.